The second-order valence-corrected chi connectivity index (χ2v) is 9.21. The predicted molar refractivity (Wildman–Crippen MR) is 150 cm³/mol. The first-order chi connectivity index (χ1) is 18.0. The fourth-order valence-electron chi connectivity index (χ4n) is 4.09. The van der Waals surface area contributed by atoms with Gasteiger partial charge in [0.1, 0.15) is 11.5 Å². The third kappa shape index (κ3) is 12.4. The van der Waals surface area contributed by atoms with E-state index in [9.17, 15) is 14.9 Å². The predicted octanol–water partition coefficient (Wildman–Crippen LogP) is 8.85. The van der Waals surface area contributed by atoms with Crippen LogP contribution < -0.4 is 9.47 Å². The Morgan fingerprint density at radius 1 is 0.838 bits per heavy atom. The lowest BCUT2D eigenvalue weighted by atomic mass is 9.98. The fourth-order valence-corrected chi connectivity index (χ4v) is 4.09. The molecule has 37 heavy (non-hydrogen) atoms. The van der Waals surface area contributed by atoms with Crippen molar-refractivity contribution in [2.45, 2.75) is 84.0 Å². The molecule has 0 aliphatic rings. The minimum atomic E-state index is -0.489. The van der Waals surface area contributed by atoms with Crippen molar-refractivity contribution < 1.29 is 19.2 Å². The highest BCUT2D eigenvalue weighted by molar-refractivity contribution is 5.74. The van der Waals surface area contributed by atoms with E-state index < -0.39 is 10.9 Å². The summed E-state index contributed by atoms with van der Waals surface area (Å²) in [5, 5.41) is 10.7. The van der Waals surface area contributed by atoms with E-state index in [1.54, 1.807) is 13.2 Å². The van der Waals surface area contributed by atoms with Crippen LogP contribution in [0.2, 0.25) is 0 Å². The van der Waals surface area contributed by atoms with Crippen LogP contribution in [-0.4, -0.2) is 18.0 Å². The number of nitro benzene ring substituents is 1. The molecular weight excluding hydrogens is 466 g/mol. The van der Waals surface area contributed by atoms with Crippen LogP contribution in [0.5, 0.6) is 11.5 Å². The van der Waals surface area contributed by atoms with Gasteiger partial charge in [-0.2, -0.15) is 0 Å². The molecule has 2 aromatic carbocycles. The standard InChI is InChI=1S/C31H41NO5/c1-3-4-5-6-7-8-9-10-11-12-15-26(27-18-22-29(36-2)23-19-27)16-13-14-17-31(33)37-30-24-20-28(21-25-30)32(34)35/h13-14,16,18-25H,3-12,15,17H2,1-2H3/b14-13+,26-16+. The van der Waals surface area contributed by atoms with Crippen molar-refractivity contribution in [1.29, 1.82) is 0 Å². The Balaban J connectivity index is 1.84. The Kier molecular flexibility index (Phi) is 14.4. The number of nitro groups is 1. The Morgan fingerprint density at radius 2 is 1.41 bits per heavy atom. The van der Waals surface area contributed by atoms with Crippen LogP contribution in [0.4, 0.5) is 5.69 Å². The van der Waals surface area contributed by atoms with Gasteiger partial charge < -0.3 is 9.47 Å². The summed E-state index contributed by atoms with van der Waals surface area (Å²) in [6, 6.07) is 13.5. The van der Waals surface area contributed by atoms with E-state index in [4.69, 9.17) is 9.47 Å². The molecule has 0 saturated carbocycles. The summed E-state index contributed by atoms with van der Waals surface area (Å²) in [4.78, 5) is 22.4. The number of benzene rings is 2. The molecule has 0 N–H and O–H groups in total. The van der Waals surface area contributed by atoms with Crippen molar-refractivity contribution in [2.24, 2.45) is 0 Å². The minimum Gasteiger partial charge on any atom is -0.497 e. The van der Waals surface area contributed by atoms with Gasteiger partial charge in [-0.15, -0.1) is 0 Å². The summed E-state index contributed by atoms with van der Waals surface area (Å²) in [5.41, 5.74) is 2.33. The van der Waals surface area contributed by atoms with Gasteiger partial charge in [-0.3, -0.25) is 14.9 Å². The molecule has 6 nitrogen and oxygen atoms in total. The fraction of sp³-hybridized carbons (Fsp3) is 0.452. The molecule has 0 atom stereocenters. The summed E-state index contributed by atoms with van der Waals surface area (Å²) in [5.74, 6) is 0.699. The number of nitrogens with zero attached hydrogens (tertiary/aromatic N) is 1. The molecular formula is C31H41NO5. The first-order valence-electron chi connectivity index (χ1n) is 13.5. The van der Waals surface area contributed by atoms with Crippen LogP contribution in [0.3, 0.4) is 0 Å². The average Bonchev–Trinajstić information content (AvgIpc) is 2.91. The van der Waals surface area contributed by atoms with E-state index in [1.807, 2.05) is 18.2 Å². The van der Waals surface area contributed by atoms with Gasteiger partial charge in [0.05, 0.1) is 18.5 Å². The number of carbonyl (C=O) groups excluding carboxylic acids is 1. The van der Waals surface area contributed by atoms with Crippen LogP contribution in [0.25, 0.3) is 5.57 Å². The summed E-state index contributed by atoms with van der Waals surface area (Å²) in [6.07, 6.45) is 19.8. The van der Waals surface area contributed by atoms with Crippen molar-refractivity contribution in [1.82, 2.24) is 0 Å². The van der Waals surface area contributed by atoms with E-state index in [-0.39, 0.29) is 12.1 Å². The number of hydrogen-bond acceptors (Lipinski definition) is 5. The van der Waals surface area contributed by atoms with Crippen LogP contribution in [0.15, 0.2) is 66.8 Å². The van der Waals surface area contributed by atoms with Crippen LogP contribution >= 0.6 is 0 Å². The van der Waals surface area contributed by atoms with E-state index >= 15 is 0 Å². The molecule has 0 aliphatic carbocycles. The quantitative estimate of drug-likeness (QED) is 0.0503. The minimum absolute atomic E-state index is 0.0432. The van der Waals surface area contributed by atoms with Crippen LogP contribution in [0.1, 0.15) is 89.5 Å². The number of hydrogen-bond donors (Lipinski definition) is 0. The Bertz CT molecular complexity index is 993. The zero-order chi connectivity index (χ0) is 26.7. The molecule has 0 bridgehead atoms. The van der Waals surface area contributed by atoms with Crippen molar-refractivity contribution in [3.05, 3.63) is 82.4 Å². The number of allylic oxidation sites excluding steroid dienone is 3. The molecule has 0 saturated heterocycles. The molecule has 0 spiro atoms. The van der Waals surface area contributed by atoms with Gasteiger partial charge in [0.25, 0.3) is 5.69 Å². The van der Waals surface area contributed by atoms with E-state index in [2.05, 4.69) is 25.1 Å². The summed E-state index contributed by atoms with van der Waals surface area (Å²) in [7, 11) is 1.66. The van der Waals surface area contributed by atoms with E-state index in [0.29, 0.717) is 5.75 Å². The Morgan fingerprint density at radius 3 is 1.97 bits per heavy atom. The molecule has 0 amide bonds. The van der Waals surface area contributed by atoms with Gasteiger partial charge >= 0.3 is 5.97 Å². The molecule has 200 valence electrons. The highest BCUT2D eigenvalue weighted by atomic mass is 16.6. The van der Waals surface area contributed by atoms with Crippen molar-refractivity contribution >= 4 is 17.2 Å². The SMILES string of the molecule is CCCCCCCCCCCC/C(=C\C=C\CC(=O)Oc1ccc([N+](=O)[O-])cc1)c1ccc(OC)cc1. The second kappa shape index (κ2) is 17.9. The number of esters is 1. The zero-order valence-corrected chi connectivity index (χ0v) is 22.3. The maximum atomic E-state index is 12.1. The summed E-state index contributed by atoms with van der Waals surface area (Å²) >= 11 is 0. The Hall–Kier alpha value is -3.41. The van der Waals surface area contributed by atoms with E-state index in [0.717, 1.165) is 24.2 Å². The Labute approximate surface area is 221 Å². The summed E-state index contributed by atoms with van der Waals surface area (Å²) < 4.78 is 10.5. The molecule has 6 heteroatoms. The maximum Gasteiger partial charge on any atom is 0.315 e. The maximum absolute atomic E-state index is 12.1. The number of rotatable bonds is 18. The molecule has 2 rings (SSSR count). The first kappa shape index (κ1) is 29.8. The topological polar surface area (TPSA) is 78.7 Å². The van der Waals surface area contributed by atoms with Gasteiger partial charge in [0, 0.05) is 12.1 Å². The monoisotopic (exact) mass is 507 g/mol. The zero-order valence-electron chi connectivity index (χ0n) is 22.3. The molecule has 0 unspecified atom stereocenters. The van der Waals surface area contributed by atoms with Gasteiger partial charge in [0.2, 0.25) is 0 Å². The third-order valence-electron chi connectivity index (χ3n) is 6.26. The molecule has 2 aromatic rings. The van der Waals surface area contributed by atoms with E-state index in [1.165, 1.54) is 87.6 Å². The highest BCUT2D eigenvalue weighted by Gasteiger charge is 2.07. The average molecular weight is 508 g/mol. The molecule has 0 heterocycles. The number of unbranched alkanes of at least 4 members (excludes halogenated alkanes) is 9. The lowest BCUT2D eigenvalue weighted by Gasteiger charge is -2.09. The molecule has 0 radical (unpaired) electrons. The van der Waals surface area contributed by atoms with Gasteiger partial charge in [0.15, 0.2) is 0 Å². The smallest absolute Gasteiger partial charge is 0.315 e. The highest BCUT2D eigenvalue weighted by Crippen LogP contribution is 2.24. The van der Waals surface area contributed by atoms with Gasteiger partial charge in [-0.05, 0) is 48.2 Å². The van der Waals surface area contributed by atoms with Crippen LogP contribution in [-0.2, 0) is 4.79 Å². The number of carbonyl (C=O) groups is 1. The molecule has 0 fully saturated rings. The summed E-state index contributed by atoms with van der Waals surface area (Å²) in [6.45, 7) is 2.25. The van der Waals surface area contributed by atoms with Crippen molar-refractivity contribution in [2.75, 3.05) is 7.11 Å². The van der Waals surface area contributed by atoms with Gasteiger partial charge in [-0.25, -0.2) is 0 Å². The lowest BCUT2D eigenvalue weighted by molar-refractivity contribution is -0.384. The van der Waals surface area contributed by atoms with Crippen molar-refractivity contribution in [3.63, 3.8) is 0 Å². The van der Waals surface area contributed by atoms with Crippen molar-refractivity contribution in [3.8, 4) is 11.5 Å². The molecule has 0 aliphatic heterocycles. The molecule has 0 aromatic heterocycles. The normalized spacial score (nSPS) is 11.6. The number of ether oxygens (including phenoxy) is 2. The lowest BCUT2D eigenvalue weighted by Crippen LogP contribution is -2.06. The second-order valence-electron chi connectivity index (χ2n) is 9.21. The largest absolute Gasteiger partial charge is 0.497 e. The number of non-ortho nitro benzene ring substituents is 1. The third-order valence-corrected chi connectivity index (χ3v) is 6.26. The van der Waals surface area contributed by atoms with Gasteiger partial charge in [-0.1, -0.05) is 95.1 Å². The first-order valence-corrected chi connectivity index (χ1v) is 13.5. The van der Waals surface area contributed by atoms with Crippen LogP contribution in [0, 0.1) is 10.1 Å². The number of methoxy groups -OCH3 is 1.